The molecule has 5 nitrogen and oxygen atoms in total. The molecule has 0 aliphatic rings. The van der Waals surface area contributed by atoms with Crippen molar-refractivity contribution < 1.29 is 14.3 Å². The molecule has 0 spiro atoms. The first kappa shape index (κ1) is 19.5. The summed E-state index contributed by atoms with van der Waals surface area (Å²) in [6.45, 7) is 3.73. The van der Waals surface area contributed by atoms with Crippen molar-refractivity contribution in [1.82, 2.24) is 0 Å². The van der Waals surface area contributed by atoms with E-state index in [2.05, 4.69) is 5.32 Å². The molecule has 0 aliphatic heterocycles. The van der Waals surface area contributed by atoms with Crippen LogP contribution in [0.1, 0.15) is 24.2 Å². The number of carbonyl (C=O) groups excluding carboxylic acids is 1. The fraction of sp³-hybridized carbons (Fsp3) is 0.235. The van der Waals surface area contributed by atoms with E-state index in [0.29, 0.717) is 22.7 Å². The lowest BCUT2D eigenvalue weighted by atomic mass is 10.1. The molecule has 0 heterocycles. The standard InChI is InChI=1S/C17H17Cl3N2O3/c1-8(2)25-16-13(20)4-9(5-14(16)24-3)17(23)22-10-6-11(18)15(21)12(19)7-10/h4-8H,21H2,1-3H3,(H,22,23). The predicted molar refractivity (Wildman–Crippen MR) is 103 cm³/mol. The highest BCUT2D eigenvalue weighted by atomic mass is 35.5. The zero-order chi connectivity index (χ0) is 18.7. The van der Waals surface area contributed by atoms with Crippen LogP contribution in [0.5, 0.6) is 11.5 Å². The van der Waals surface area contributed by atoms with Crippen LogP contribution >= 0.6 is 34.8 Å². The highest BCUT2D eigenvalue weighted by molar-refractivity contribution is 6.39. The molecule has 25 heavy (non-hydrogen) atoms. The Balaban J connectivity index is 2.32. The summed E-state index contributed by atoms with van der Waals surface area (Å²) in [6.07, 6.45) is -0.0925. The maximum atomic E-state index is 12.5. The van der Waals surface area contributed by atoms with Gasteiger partial charge in [-0.05, 0) is 38.1 Å². The molecule has 134 valence electrons. The number of halogens is 3. The van der Waals surface area contributed by atoms with Crippen LogP contribution in [-0.2, 0) is 0 Å². The maximum absolute atomic E-state index is 12.5. The molecule has 0 saturated carbocycles. The Bertz CT molecular complexity index is 787. The van der Waals surface area contributed by atoms with Gasteiger partial charge in [0.15, 0.2) is 11.5 Å². The Morgan fingerprint density at radius 2 is 1.68 bits per heavy atom. The van der Waals surface area contributed by atoms with E-state index in [1.807, 2.05) is 13.8 Å². The maximum Gasteiger partial charge on any atom is 0.255 e. The third-order valence-corrected chi connectivity index (χ3v) is 4.09. The third kappa shape index (κ3) is 4.63. The number of nitrogen functional groups attached to an aromatic ring is 1. The third-order valence-electron chi connectivity index (χ3n) is 3.18. The van der Waals surface area contributed by atoms with E-state index in [1.54, 1.807) is 6.07 Å². The van der Waals surface area contributed by atoms with Crippen molar-refractivity contribution in [3.8, 4) is 11.5 Å². The molecule has 2 aromatic carbocycles. The van der Waals surface area contributed by atoms with Gasteiger partial charge in [-0.3, -0.25) is 4.79 Å². The molecule has 1 amide bonds. The molecule has 0 atom stereocenters. The van der Waals surface area contributed by atoms with Crippen molar-refractivity contribution in [2.24, 2.45) is 0 Å². The first-order chi connectivity index (χ1) is 11.7. The van der Waals surface area contributed by atoms with E-state index in [9.17, 15) is 4.79 Å². The van der Waals surface area contributed by atoms with Gasteiger partial charge < -0.3 is 20.5 Å². The fourth-order valence-electron chi connectivity index (χ4n) is 2.06. The second-order valence-corrected chi connectivity index (χ2v) is 6.69. The van der Waals surface area contributed by atoms with Gasteiger partial charge in [0, 0.05) is 11.3 Å². The molecular weight excluding hydrogens is 387 g/mol. The lowest BCUT2D eigenvalue weighted by Gasteiger charge is -2.16. The minimum Gasteiger partial charge on any atom is -0.493 e. The summed E-state index contributed by atoms with van der Waals surface area (Å²) in [6, 6.07) is 6.06. The number of benzene rings is 2. The van der Waals surface area contributed by atoms with Gasteiger partial charge in [-0.15, -0.1) is 0 Å². The van der Waals surface area contributed by atoms with Crippen LogP contribution in [0.3, 0.4) is 0 Å². The molecule has 0 bridgehead atoms. The quantitative estimate of drug-likeness (QED) is 0.666. The number of nitrogens with two attached hydrogens (primary N) is 1. The number of hydrogen-bond donors (Lipinski definition) is 2. The van der Waals surface area contributed by atoms with Crippen molar-refractivity contribution in [3.63, 3.8) is 0 Å². The van der Waals surface area contributed by atoms with E-state index in [1.165, 1.54) is 25.3 Å². The second-order valence-electron chi connectivity index (χ2n) is 5.46. The molecule has 8 heteroatoms. The monoisotopic (exact) mass is 402 g/mol. The smallest absolute Gasteiger partial charge is 0.255 e. The molecule has 2 rings (SSSR count). The Kier molecular flexibility index (Phi) is 6.27. The van der Waals surface area contributed by atoms with Gasteiger partial charge in [0.1, 0.15) is 0 Å². The van der Waals surface area contributed by atoms with E-state index >= 15 is 0 Å². The Morgan fingerprint density at radius 1 is 1.08 bits per heavy atom. The fourth-order valence-corrected chi connectivity index (χ4v) is 2.80. The topological polar surface area (TPSA) is 73.6 Å². The average molecular weight is 404 g/mol. The molecule has 0 fully saturated rings. The molecule has 0 saturated heterocycles. The van der Waals surface area contributed by atoms with E-state index < -0.39 is 5.91 Å². The van der Waals surface area contributed by atoms with Crippen molar-refractivity contribution in [2.75, 3.05) is 18.2 Å². The van der Waals surface area contributed by atoms with Gasteiger partial charge >= 0.3 is 0 Å². The number of amides is 1. The number of hydrogen-bond acceptors (Lipinski definition) is 4. The molecule has 3 N–H and O–H groups in total. The SMILES string of the molecule is COc1cc(C(=O)Nc2cc(Cl)c(N)c(Cl)c2)cc(Cl)c1OC(C)C. The Morgan fingerprint density at radius 3 is 2.20 bits per heavy atom. The van der Waals surface area contributed by atoms with Crippen LogP contribution < -0.4 is 20.5 Å². The number of anilines is 2. The van der Waals surface area contributed by atoms with Gasteiger partial charge in [0.05, 0.1) is 34.0 Å². The Hall–Kier alpha value is -1.82. The van der Waals surface area contributed by atoms with Gasteiger partial charge in [-0.1, -0.05) is 34.8 Å². The first-order valence-electron chi connectivity index (χ1n) is 7.33. The van der Waals surface area contributed by atoms with Gasteiger partial charge in [0.2, 0.25) is 0 Å². The van der Waals surface area contributed by atoms with Crippen molar-refractivity contribution in [2.45, 2.75) is 20.0 Å². The van der Waals surface area contributed by atoms with E-state index in [4.69, 9.17) is 50.0 Å². The van der Waals surface area contributed by atoms with Crippen LogP contribution in [-0.4, -0.2) is 19.1 Å². The summed E-state index contributed by atoms with van der Waals surface area (Å²) in [5.41, 5.74) is 6.64. The van der Waals surface area contributed by atoms with Gasteiger partial charge in [-0.2, -0.15) is 0 Å². The lowest BCUT2D eigenvalue weighted by Crippen LogP contribution is -2.13. The van der Waals surface area contributed by atoms with Crippen molar-refractivity contribution in [1.29, 1.82) is 0 Å². The van der Waals surface area contributed by atoms with Gasteiger partial charge in [0.25, 0.3) is 5.91 Å². The van der Waals surface area contributed by atoms with Gasteiger partial charge in [-0.25, -0.2) is 0 Å². The number of nitrogens with one attached hydrogen (secondary N) is 1. The van der Waals surface area contributed by atoms with E-state index in [-0.39, 0.29) is 26.9 Å². The molecule has 0 unspecified atom stereocenters. The van der Waals surface area contributed by atoms with Crippen LogP contribution in [0.2, 0.25) is 15.1 Å². The summed E-state index contributed by atoms with van der Waals surface area (Å²) in [7, 11) is 1.47. The average Bonchev–Trinajstić information content (AvgIpc) is 2.53. The number of methoxy groups -OCH3 is 1. The zero-order valence-electron chi connectivity index (χ0n) is 13.8. The van der Waals surface area contributed by atoms with Crippen molar-refractivity contribution >= 4 is 52.1 Å². The number of rotatable bonds is 5. The number of carbonyl (C=O) groups is 1. The van der Waals surface area contributed by atoms with Crippen LogP contribution in [0.25, 0.3) is 0 Å². The van der Waals surface area contributed by atoms with Crippen LogP contribution in [0, 0.1) is 0 Å². The Labute approximate surface area is 161 Å². The zero-order valence-corrected chi connectivity index (χ0v) is 16.1. The van der Waals surface area contributed by atoms with Crippen LogP contribution in [0.4, 0.5) is 11.4 Å². The minimum atomic E-state index is -0.409. The predicted octanol–water partition coefficient (Wildman–Crippen LogP) is 5.28. The molecule has 2 aromatic rings. The lowest BCUT2D eigenvalue weighted by molar-refractivity contribution is 0.102. The van der Waals surface area contributed by atoms with E-state index in [0.717, 1.165) is 0 Å². The minimum absolute atomic E-state index is 0.0925. The summed E-state index contributed by atoms with van der Waals surface area (Å²) in [5, 5.41) is 3.46. The highest BCUT2D eigenvalue weighted by Crippen LogP contribution is 2.37. The first-order valence-corrected chi connectivity index (χ1v) is 8.46. The largest absolute Gasteiger partial charge is 0.493 e. The molecule has 0 aliphatic carbocycles. The second kappa shape index (κ2) is 8.04. The van der Waals surface area contributed by atoms with Crippen LogP contribution in [0.15, 0.2) is 24.3 Å². The van der Waals surface area contributed by atoms with Crippen molar-refractivity contribution in [3.05, 3.63) is 44.9 Å². The summed E-state index contributed by atoms with van der Waals surface area (Å²) < 4.78 is 10.9. The number of ether oxygens (including phenoxy) is 2. The summed E-state index contributed by atoms with van der Waals surface area (Å²) in [5.74, 6) is 0.335. The molecule has 0 radical (unpaired) electrons. The highest BCUT2D eigenvalue weighted by Gasteiger charge is 2.17. The molecular formula is C17H17Cl3N2O3. The normalized spacial score (nSPS) is 10.7. The molecule has 0 aromatic heterocycles. The summed E-state index contributed by atoms with van der Waals surface area (Å²) >= 11 is 18.2. The summed E-state index contributed by atoms with van der Waals surface area (Å²) in [4.78, 5) is 12.5.